The van der Waals surface area contributed by atoms with Crippen LogP contribution >= 0.6 is 23.2 Å². The number of piperidine rings is 1. The molecular formula is C39H41Cl2N9O6. The molecule has 17 heteroatoms. The van der Waals surface area contributed by atoms with Gasteiger partial charge >= 0.3 is 6.03 Å². The van der Waals surface area contributed by atoms with Crippen LogP contribution in [0, 0.1) is 11.8 Å². The molecule has 5 aromatic rings. The minimum atomic E-state index is -0.748. The molecule has 6 rings (SSSR count). The quantitative estimate of drug-likeness (QED) is 0.0553. The molecule has 56 heavy (non-hydrogen) atoms. The minimum Gasteiger partial charge on any atom is -0.475 e. The highest BCUT2D eigenvalue weighted by Gasteiger charge is 2.29. The van der Waals surface area contributed by atoms with Gasteiger partial charge < -0.3 is 30.0 Å². The number of ether oxygens (including phenoxy) is 2. The number of urea groups is 1. The minimum absolute atomic E-state index is 0.181. The molecule has 1 aliphatic heterocycles. The highest BCUT2D eigenvalue weighted by Crippen LogP contribution is 2.29. The summed E-state index contributed by atoms with van der Waals surface area (Å²) in [6.45, 7) is 3.48. The molecule has 4 N–H and O–H groups in total. The van der Waals surface area contributed by atoms with E-state index < -0.39 is 24.1 Å². The monoisotopic (exact) mass is 801 g/mol. The second-order valence-electron chi connectivity index (χ2n) is 13.1. The first-order valence-electron chi connectivity index (χ1n) is 18.2. The molecule has 1 saturated heterocycles. The smallest absolute Gasteiger partial charge is 0.323 e. The number of anilines is 2. The van der Waals surface area contributed by atoms with E-state index in [4.69, 9.17) is 32.7 Å². The van der Waals surface area contributed by atoms with Crippen molar-refractivity contribution in [2.75, 3.05) is 37.4 Å². The van der Waals surface area contributed by atoms with E-state index in [0.717, 1.165) is 37.6 Å². The third-order valence-corrected chi connectivity index (χ3v) is 9.58. The Morgan fingerprint density at radius 2 is 1.80 bits per heavy atom. The van der Waals surface area contributed by atoms with Crippen LogP contribution in [0.25, 0.3) is 16.4 Å². The maximum Gasteiger partial charge on any atom is 0.323 e. The molecule has 2 atom stereocenters. The van der Waals surface area contributed by atoms with Crippen molar-refractivity contribution >= 4 is 68.8 Å². The Hall–Kier alpha value is -5.53. The van der Waals surface area contributed by atoms with Gasteiger partial charge in [0.25, 0.3) is 5.56 Å². The van der Waals surface area contributed by atoms with Gasteiger partial charge in [-0.15, -0.1) is 0 Å². The Bertz CT molecular complexity index is 2370. The van der Waals surface area contributed by atoms with Crippen molar-refractivity contribution in [3.05, 3.63) is 86.8 Å². The highest BCUT2D eigenvalue weighted by molar-refractivity contribution is 6.31. The van der Waals surface area contributed by atoms with Crippen molar-refractivity contribution < 1.29 is 23.9 Å². The Labute approximate surface area is 332 Å². The van der Waals surface area contributed by atoms with Crippen LogP contribution in [0.1, 0.15) is 75.3 Å². The summed E-state index contributed by atoms with van der Waals surface area (Å²) >= 11 is 12.3. The highest BCUT2D eigenvalue weighted by atomic mass is 35.5. The third-order valence-electron chi connectivity index (χ3n) is 9.19. The predicted octanol–water partition coefficient (Wildman–Crippen LogP) is 6.05. The van der Waals surface area contributed by atoms with E-state index in [1.807, 2.05) is 19.1 Å². The van der Waals surface area contributed by atoms with E-state index in [-0.39, 0.29) is 35.3 Å². The van der Waals surface area contributed by atoms with Crippen LogP contribution in [0.4, 0.5) is 16.2 Å². The summed E-state index contributed by atoms with van der Waals surface area (Å²) in [6, 6.07) is 9.07. The number of unbranched alkanes of at least 4 members (excludes halogenated alkanes) is 4. The van der Waals surface area contributed by atoms with Crippen molar-refractivity contribution in [3.8, 4) is 17.7 Å². The number of carbonyl (C=O) groups excluding carboxylic acids is 3. The summed E-state index contributed by atoms with van der Waals surface area (Å²) in [4.78, 5) is 59.0. The van der Waals surface area contributed by atoms with E-state index in [9.17, 15) is 19.2 Å². The Balaban J connectivity index is 0.926. The number of imide groups is 1. The third kappa shape index (κ3) is 9.82. The van der Waals surface area contributed by atoms with Crippen molar-refractivity contribution in [1.29, 1.82) is 0 Å². The molecule has 0 saturated carbocycles. The molecular weight excluding hydrogens is 761 g/mol. The van der Waals surface area contributed by atoms with Crippen molar-refractivity contribution in [1.82, 2.24) is 34.8 Å². The van der Waals surface area contributed by atoms with Gasteiger partial charge in [0.15, 0.2) is 10.8 Å². The summed E-state index contributed by atoms with van der Waals surface area (Å²) in [5.74, 6) is 5.86. The largest absolute Gasteiger partial charge is 0.475 e. The molecule has 0 bridgehead atoms. The predicted molar refractivity (Wildman–Crippen MR) is 213 cm³/mol. The lowest BCUT2D eigenvalue weighted by Gasteiger charge is -2.23. The topological polar surface area (TPSA) is 183 Å². The van der Waals surface area contributed by atoms with Gasteiger partial charge in [-0.3, -0.25) is 19.7 Å². The first kappa shape index (κ1) is 40.1. The number of halogens is 2. The summed E-state index contributed by atoms with van der Waals surface area (Å²) in [6.07, 6.45) is 9.20. The van der Waals surface area contributed by atoms with Crippen LogP contribution in [-0.4, -0.2) is 68.8 Å². The van der Waals surface area contributed by atoms with E-state index in [1.165, 1.54) is 21.5 Å². The number of hydrogen-bond acceptors (Lipinski definition) is 10. The average Bonchev–Trinajstić information content (AvgIpc) is 3.56. The summed E-state index contributed by atoms with van der Waals surface area (Å²) < 4.78 is 14.3. The number of hydrogen-bond donors (Lipinski definition) is 4. The van der Waals surface area contributed by atoms with Gasteiger partial charge in [-0.05, 0) is 44.9 Å². The second-order valence-corrected chi connectivity index (χ2v) is 13.9. The molecule has 0 aliphatic carbocycles. The summed E-state index contributed by atoms with van der Waals surface area (Å²) in [5.41, 5.74) is 2.13. The molecule has 5 heterocycles. The number of nitrogens with zero attached hydrogens (tertiary/aromatic N) is 5. The van der Waals surface area contributed by atoms with Crippen molar-refractivity contribution in [3.63, 3.8) is 0 Å². The molecule has 15 nitrogen and oxygen atoms in total. The fourth-order valence-corrected chi connectivity index (χ4v) is 6.67. The molecule has 1 fully saturated rings. The maximum atomic E-state index is 13.2. The molecule has 2 unspecified atom stereocenters. The van der Waals surface area contributed by atoms with E-state index in [0.29, 0.717) is 58.3 Å². The number of carbonyl (C=O) groups is 3. The molecule has 292 valence electrons. The van der Waals surface area contributed by atoms with Crippen LogP contribution in [0.15, 0.2) is 59.8 Å². The van der Waals surface area contributed by atoms with Gasteiger partial charge in [0, 0.05) is 61.3 Å². The number of benzene rings is 1. The number of rotatable bonds is 15. The normalized spacial score (nSPS) is 14.6. The standard InChI is InChI=1S/C39H41Cl2N9O6/c1-24(55-2)35-30(22-43-33-20-32(41)48-50(33)35)46-39(54)45-29-19-26(40)21-44-37(29)56-18-17-42-16-10-6-4-3-5-7-11-25-23-49(31-14-15-34(51)47-36(31)52)38(53)28-13-9-8-12-27(25)28/h8-9,12-13,19-24,31,42H,3-6,10,14-18H2,1-2H3,(H2,45,46,54)(H,47,51,52). The Kier molecular flexibility index (Phi) is 13.5. The zero-order valence-corrected chi connectivity index (χ0v) is 32.4. The first-order valence-corrected chi connectivity index (χ1v) is 19.0. The molecule has 1 aliphatic rings. The number of fused-ring (bicyclic) bond motifs is 2. The lowest BCUT2D eigenvalue weighted by molar-refractivity contribution is -0.135. The zero-order valence-electron chi connectivity index (χ0n) is 30.9. The van der Waals surface area contributed by atoms with Crippen LogP contribution in [-0.2, 0) is 14.3 Å². The molecule has 0 radical (unpaired) electrons. The fourth-order valence-electron chi connectivity index (χ4n) is 6.34. The van der Waals surface area contributed by atoms with Gasteiger partial charge in [-0.1, -0.05) is 66.1 Å². The van der Waals surface area contributed by atoms with Gasteiger partial charge in [0.1, 0.15) is 18.3 Å². The van der Waals surface area contributed by atoms with Crippen molar-refractivity contribution in [2.24, 2.45) is 0 Å². The average molecular weight is 803 g/mol. The van der Waals surface area contributed by atoms with Gasteiger partial charge in [-0.2, -0.15) is 5.10 Å². The SMILES string of the molecule is COC(C)c1c(NC(=O)Nc2cc(Cl)cnc2OCCNCCCCCCC#Cc2cn(C3CCC(=O)NC3=O)c(=O)c3ccccc23)cnc2cc(Cl)nn12. The maximum absolute atomic E-state index is 13.2. The van der Waals surface area contributed by atoms with E-state index >= 15 is 0 Å². The summed E-state index contributed by atoms with van der Waals surface area (Å²) in [7, 11) is 1.55. The van der Waals surface area contributed by atoms with E-state index in [2.05, 4.69) is 48.2 Å². The first-order chi connectivity index (χ1) is 27.1. The lowest BCUT2D eigenvalue weighted by atomic mass is 10.0. The number of amides is 4. The lowest BCUT2D eigenvalue weighted by Crippen LogP contribution is -2.44. The van der Waals surface area contributed by atoms with E-state index in [1.54, 1.807) is 37.6 Å². The van der Waals surface area contributed by atoms with Crippen LogP contribution in [0.2, 0.25) is 10.2 Å². The second kappa shape index (κ2) is 18.9. The molecule has 1 aromatic carbocycles. The zero-order chi connectivity index (χ0) is 39.6. The number of methoxy groups -OCH3 is 1. The molecule has 0 spiro atoms. The number of aromatic nitrogens is 5. The van der Waals surface area contributed by atoms with Crippen molar-refractivity contribution in [2.45, 2.75) is 64.0 Å². The van der Waals surface area contributed by atoms with Crippen LogP contribution in [0.3, 0.4) is 0 Å². The van der Waals surface area contributed by atoms with Crippen LogP contribution in [0.5, 0.6) is 5.88 Å². The summed E-state index contributed by atoms with van der Waals surface area (Å²) in [5, 5.41) is 17.3. The van der Waals surface area contributed by atoms with Gasteiger partial charge in [0.2, 0.25) is 17.7 Å². The van der Waals surface area contributed by atoms with Crippen LogP contribution < -0.4 is 31.6 Å². The fraction of sp³-hybridized carbons (Fsp3) is 0.359. The Morgan fingerprint density at radius 3 is 2.61 bits per heavy atom. The van der Waals surface area contributed by atoms with Gasteiger partial charge in [0.05, 0.1) is 28.7 Å². The number of nitrogens with one attached hydrogen (secondary N) is 4. The molecule has 4 aromatic heterocycles. The molecule has 4 amide bonds. The number of pyridine rings is 2. The Morgan fingerprint density at radius 1 is 1.02 bits per heavy atom. The van der Waals surface area contributed by atoms with Gasteiger partial charge in [-0.25, -0.2) is 19.3 Å².